The first-order chi connectivity index (χ1) is 8.48. The second kappa shape index (κ2) is 6.33. The monoisotopic (exact) mass is 307 g/mol. The quantitative estimate of drug-likeness (QED) is 0.798. The van der Waals surface area contributed by atoms with Crippen molar-refractivity contribution in [2.45, 2.75) is 43.6 Å². The standard InChI is InChI=1S/C12H21N3O2S.ClH/c1-8(13-3)6-14-11(17)9-7-18-12(2)5-4-10(16)15(9)12;/h8-9,13H,4-7H2,1-3H3,(H,14,17);1H. The number of fused-ring (bicyclic) bond motifs is 1. The molecule has 2 aliphatic rings. The number of hydrogen-bond donors (Lipinski definition) is 2. The molecule has 0 aromatic rings. The van der Waals surface area contributed by atoms with Gasteiger partial charge in [-0.3, -0.25) is 9.59 Å². The van der Waals surface area contributed by atoms with E-state index in [1.807, 2.05) is 14.0 Å². The van der Waals surface area contributed by atoms with Crippen LogP contribution in [0.3, 0.4) is 0 Å². The Kier molecular flexibility index (Phi) is 5.53. The van der Waals surface area contributed by atoms with Gasteiger partial charge in [0.15, 0.2) is 0 Å². The summed E-state index contributed by atoms with van der Waals surface area (Å²) in [7, 11) is 1.86. The zero-order valence-corrected chi connectivity index (χ0v) is 13.2. The van der Waals surface area contributed by atoms with E-state index < -0.39 is 0 Å². The fraction of sp³-hybridized carbons (Fsp3) is 0.833. The van der Waals surface area contributed by atoms with Crippen LogP contribution in [-0.2, 0) is 9.59 Å². The number of nitrogens with one attached hydrogen (secondary N) is 2. The predicted molar refractivity (Wildman–Crippen MR) is 79.5 cm³/mol. The third-order valence-corrected chi connectivity index (χ3v) is 5.33. The number of carbonyl (C=O) groups excluding carboxylic acids is 2. The van der Waals surface area contributed by atoms with E-state index in [1.165, 1.54) is 0 Å². The largest absolute Gasteiger partial charge is 0.353 e. The number of amides is 2. The maximum Gasteiger partial charge on any atom is 0.243 e. The van der Waals surface area contributed by atoms with Crippen molar-refractivity contribution in [3.05, 3.63) is 0 Å². The lowest BCUT2D eigenvalue weighted by Gasteiger charge is -2.30. The summed E-state index contributed by atoms with van der Waals surface area (Å²) in [6.07, 6.45) is 1.42. The molecule has 0 aromatic heterocycles. The molecule has 3 unspecified atom stereocenters. The van der Waals surface area contributed by atoms with E-state index in [9.17, 15) is 9.59 Å². The van der Waals surface area contributed by atoms with Crippen molar-refractivity contribution in [1.82, 2.24) is 15.5 Å². The summed E-state index contributed by atoms with van der Waals surface area (Å²) in [5, 5.41) is 5.99. The van der Waals surface area contributed by atoms with E-state index in [4.69, 9.17) is 0 Å². The lowest BCUT2D eigenvalue weighted by atomic mass is 10.2. The van der Waals surface area contributed by atoms with Crippen LogP contribution in [0.2, 0.25) is 0 Å². The summed E-state index contributed by atoms with van der Waals surface area (Å²) in [6.45, 7) is 4.66. The summed E-state index contributed by atoms with van der Waals surface area (Å²) >= 11 is 1.72. The van der Waals surface area contributed by atoms with Crippen molar-refractivity contribution in [3.63, 3.8) is 0 Å². The van der Waals surface area contributed by atoms with E-state index in [1.54, 1.807) is 16.7 Å². The molecular weight excluding hydrogens is 286 g/mol. The van der Waals surface area contributed by atoms with Crippen molar-refractivity contribution < 1.29 is 9.59 Å². The Morgan fingerprint density at radius 3 is 2.95 bits per heavy atom. The van der Waals surface area contributed by atoms with E-state index in [0.29, 0.717) is 18.7 Å². The number of carbonyl (C=O) groups is 2. The van der Waals surface area contributed by atoms with E-state index in [2.05, 4.69) is 17.6 Å². The molecule has 5 nitrogen and oxygen atoms in total. The Hall–Kier alpha value is -0.460. The highest BCUT2D eigenvalue weighted by Gasteiger charge is 2.52. The highest BCUT2D eigenvalue weighted by molar-refractivity contribution is 8.01. The van der Waals surface area contributed by atoms with Crippen LogP contribution in [0.15, 0.2) is 0 Å². The van der Waals surface area contributed by atoms with Crippen molar-refractivity contribution in [2.75, 3.05) is 19.3 Å². The van der Waals surface area contributed by atoms with Crippen molar-refractivity contribution in [3.8, 4) is 0 Å². The fourth-order valence-electron chi connectivity index (χ4n) is 2.49. The lowest BCUT2D eigenvalue weighted by Crippen LogP contribution is -2.51. The molecule has 7 heteroatoms. The van der Waals surface area contributed by atoms with E-state index in [-0.39, 0.29) is 41.2 Å². The van der Waals surface area contributed by atoms with Crippen LogP contribution in [0, 0.1) is 0 Å². The molecule has 0 bridgehead atoms. The van der Waals surface area contributed by atoms with Crippen molar-refractivity contribution in [2.24, 2.45) is 0 Å². The third kappa shape index (κ3) is 3.17. The number of likely N-dealkylation sites (N-methyl/N-ethyl adjacent to an activating group) is 1. The highest BCUT2D eigenvalue weighted by Crippen LogP contribution is 2.47. The average Bonchev–Trinajstić information content (AvgIpc) is 2.83. The van der Waals surface area contributed by atoms with Crippen LogP contribution in [0.4, 0.5) is 0 Å². The Balaban J connectivity index is 0.00000180. The van der Waals surface area contributed by atoms with Crippen LogP contribution >= 0.6 is 24.2 Å². The van der Waals surface area contributed by atoms with Crippen molar-refractivity contribution in [1.29, 1.82) is 0 Å². The second-order valence-electron chi connectivity index (χ2n) is 5.20. The molecule has 2 fully saturated rings. The lowest BCUT2D eigenvalue weighted by molar-refractivity contribution is -0.137. The van der Waals surface area contributed by atoms with Gasteiger partial charge in [-0.1, -0.05) is 0 Å². The van der Waals surface area contributed by atoms with Gasteiger partial charge in [0, 0.05) is 24.8 Å². The Labute approximate surface area is 124 Å². The average molecular weight is 308 g/mol. The van der Waals surface area contributed by atoms with Gasteiger partial charge in [-0.15, -0.1) is 24.2 Å². The minimum absolute atomic E-state index is 0. The zero-order valence-electron chi connectivity index (χ0n) is 11.6. The molecule has 0 radical (unpaired) electrons. The third-order valence-electron chi connectivity index (χ3n) is 3.82. The molecular formula is C12H22ClN3O2S. The topological polar surface area (TPSA) is 61.4 Å². The smallest absolute Gasteiger partial charge is 0.243 e. The predicted octanol–water partition coefficient (Wildman–Crippen LogP) is 0.586. The molecule has 2 amide bonds. The Morgan fingerprint density at radius 2 is 2.32 bits per heavy atom. The van der Waals surface area contributed by atoms with Gasteiger partial charge in [-0.2, -0.15) is 0 Å². The van der Waals surface area contributed by atoms with Gasteiger partial charge >= 0.3 is 0 Å². The van der Waals surface area contributed by atoms with Gasteiger partial charge in [-0.25, -0.2) is 0 Å². The molecule has 0 saturated carbocycles. The summed E-state index contributed by atoms with van der Waals surface area (Å²) < 4.78 is 0. The minimum Gasteiger partial charge on any atom is -0.353 e. The van der Waals surface area contributed by atoms with Gasteiger partial charge in [0.2, 0.25) is 11.8 Å². The Morgan fingerprint density at radius 1 is 1.63 bits per heavy atom. The maximum absolute atomic E-state index is 12.2. The fourth-order valence-corrected chi connectivity index (χ4v) is 3.92. The van der Waals surface area contributed by atoms with Gasteiger partial charge < -0.3 is 15.5 Å². The summed E-state index contributed by atoms with van der Waals surface area (Å²) in [5.41, 5.74) is 0. The van der Waals surface area contributed by atoms with Crippen molar-refractivity contribution >= 4 is 36.0 Å². The molecule has 2 saturated heterocycles. The molecule has 110 valence electrons. The molecule has 2 rings (SSSR count). The molecule has 0 spiro atoms. The first-order valence-corrected chi connectivity index (χ1v) is 7.37. The number of nitrogens with zero attached hydrogens (tertiary/aromatic N) is 1. The SMILES string of the molecule is CNC(C)CNC(=O)C1CSC2(C)CCC(=O)N12.Cl. The highest BCUT2D eigenvalue weighted by atomic mass is 35.5. The van der Waals surface area contributed by atoms with Gasteiger partial charge in [0.1, 0.15) is 6.04 Å². The first-order valence-electron chi connectivity index (χ1n) is 6.39. The van der Waals surface area contributed by atoms with Crippen LogP contribution in [0.5, 0.6) is 0 Å². The molecule has 0 aliphatic carbocycles. The molecule has 3 atom stereocenters. The van der Waals surface area contributed by atoms with E-state index in [0.717, 1.165) is 6.42 Å². The summed E-state index contributed by atoms with van der Waals surface area (Å²) in [4.78, 5) is 25.7. The Bertz CT molecular complexity index is 369. The summed E-state index contributed by atoms with van der Waals surface area (Å²) in [5.74, 6) is 0.801. The van der Waals surface area contributed by atoms with Crippen LogP contribution in [-0.4, -0.2) is 53.0 Å². The number of thioether (sulfide) groups is 1. The van der Waals surface area contributed by atoms with Gasteiger partial charge in [0.05, 0.1) is 4.87 Å². The number of rotatable bonds is 4. The number of halogens is 1. The number of hydrogen-bond acceptors (Lipinski definition) is 4. The molecule has 2 aliphatic heterocycles. The molecule has 19 heavy (non-hydrogen) atoms. The normalized spacial score (nSPS) is 30.8. The van der Waals surface area contributed by atoms with Crippen LogP contribution in [0.1, 0.15) is 26.7 Å². The van der Waals surface area contributed by atoms with Crippen LogP contribution in [0.25, 0.3) is 0 Å². The molecule has 2 heterocycles. The summed E-state index contributed by atoms with van der Waals surface area (Å²) in [6, 6.07) is -0.0530. The van der Waals surface area contributed by atoms with E-state index >= 15 is 0 Å². The minimum atomic E-state index is -0.293. The maximum atomic E-state index is 12.2. The van der Waals surface area contributed by atoms with Gasteiger partial charge in [0.25, 0.3) is 0 Å². The van der Waals surface area contributed by atoms with Gasteiger partial charge in [-0.05, 0) is 27.3 Å². The van der Waals surface area contributed by atoms with Crippen LogP contribution < -0.4 is 10.6 Å². The first kappa shape index (κ1) is 16.6. The second-order valence-corrected chi connectivity index (χ2v) is 6.70. The zero-order chi connectivity index (χ0) is 13.3. The molecule has 2 N–H and O–H groups in total. The molecule has 0 aromatic carbocycles.